The Balaban J connectivity index is 1.62. The van der Waals surface area contributed by atoms with Gasteiger partial charge in [0.2, 0.25) is 0 Å². The van der Waals surface area contributed by atoms with E-state index in [1.165, 1.54) is 6.42 Å². The van der Waals surface area contributed by atoms with E-state index in [-0.39, 0.29) is 11.9 Å². The number of hydrogen-bond donors (Lipinski definition) is 2. The van der Waals surface area contributed by atoms with Crippen LogP contribution >= 0.6 is 0 Å². The van der Waals surface area contributed by atoms with Gasteiger partial charge in [-0.2, -0.15) is 0 Å². The minimum absolute atomic E-state index is 0.0809. The molecule has 0 spiro atoms. The maximum atomic E-state index is 8.57. The molecule has 6 nitrogen and oxygen atoms in total. The summed E-state index contributed by atoms with van der Waals surface area (Å²) in [5.41, 5.74) is 6.13. The molecule has 1 atom stereocenters. The maximum absolute atomic E-state index is 8.57. The summed E-state index contributed by atoms with van der Waals surface area (Å²) in [5, 5.41) is 11.5. The summed E-state index contributed by atoms with van der Waals surface area (Å²) < 4.78 is 16.7. The molecule has 1 fully saturated rings. The predicted octanol–water partition coefficient (Wildman–Crippen LogP) is 1.75. The molecule has 0 saturated carbocycles. The van der Waals surface area contributed by atoms with E-state index in [0.29, 0.717) is 25.4 Å². The molecule has 21 heavy (non-hydrogen) atoms. The van der Waals surface area contributed by atoms with E-state index in [2.05, 4.69) is 5.16 Å². The monoisotopic (exact) mass is 294 g/mol. The van der Waals surface area contributed by atoms with Crippen molar-refractivity contribution in [3.8, 4) is 5.75 Å². The fraction of sp³-hybridized carbons (Fsp3) is 0.533. The summed E-state index contributed by atoms with van der Waals surface area (Å²) in [6.07, 6.45) is 3.69. The first-order valence-electron chi connectivity index (χ1n) is 7.19. The van der Waals surface area contributed by atoms with Crippen LogP contribution in [-0.4, -0.2) is 43.6 Å². The molecule has 0 amide bonds. The van der Waals surface area contributed by atoms with Gasteiger partial charge in [0.05, 0.1) is 19.3 Å². The molecule has 1 aromatic rings. The molecular formula is C15H22N2O4. The van der Waals surface area contributed by atoms with Crippen molar-refractivity contribution in [2.45, 2.75) is 25.4 Å². The van der Waals surface area contributed by atoms with Crippen molar-refractivity contribution in [3.63, 3.8) is 0 Å². The van der Waals surface area contributed by atoms with Crippen molar-refractivity contribution < 1.29 is 19.4 Å². The summed E-state index contributed by atoms with van der Waals surface area (Å²) in [6, 6.07) is 7.03. The Hall–Kier alpha value is -1.79. The first-order valence-corrected chi connectivity index (χ1v) is 7.19. The lowest BCUT2D eigenvalue weighted by molar-refractivity contribution is -0.0444. The van der Waals surface area contributed by atoms with E-state index in [9.17, 15) is 0 Å². The average Bonchev–Trinajstić information content (AvgIpc) is 2.55. The topological polar surface area (TPSA) is 86.3 Å². The molecular weight excluding hydrogens is 272 g/mol. The van der Waals surface area contributed by atoms with E-state index >= 15 is 0 Å². The lowest BCUT2D eigenvalue weighted by atomic mass is 10.1. The fourth-order valence-electron chi connectivity index (χ4n) is 2.15. The van der Waals surface area contributed by atoms with Crippen LogP contribution in [0.4, 0.5) is 0 Å². The van der Waals surface area contributed by atoms with E-state index in [4.69, 9.17) is 25.2 Å². The van der Waals surface area contributed by atoms with Crippen LogP contribution in [0.5, 0.6) is 5.75 Å². The number of benzene rings is 1. The van der Waals surface area contributed by atoms with Gasteiger partial charge in [-0.1, -0.05) is 5.16 Å². The second kappa shape index (κ2) is 8.49. The highest BCUT2D eigenvalue weighted by Gasteiger charge is 2.13. The first kappa shape index (κ1) is 15.6. The van der Waals surface area contributed by atoms with Crippen LogP contribution in [0.15, 0.2) is 29.4 Å². The number of nitrogens with zero attached hydrogens (tertiary/aromatic N) is 1. The molecule has 1 aliphatic rings. The number of oxime groups is 1. The Morgan fingerprint density at radius 1 is 1.29 bits per heavy atom. The predicted molar refractivity (Wildman–Crippen MR) is 78.9 cm³/mol. The molecule has 2 rings (SSSR count). The van der Waals surface area contributed by atoms with Gasteiger partial charge in [-0.25, -0.2) is 0 Å². The van der Waals surface area contributed by atoms with E-state index in [1.54, 1.807) is 24.3 Å². The smallest absolute Gasteiger partial charge is 0.170 e. The molecule has 0 radical (unpaired) electrons. The quantitative estimate of drug-likeness (QED) is 0.263. The largest absolute Gasteiger partial charge is 0.491 e. The zero-order valence-corrected chi connectivity index (χ0v) is 12.0. The van der Waals surface area contributed by atoms with Crippen molar-refractivity contribution in [3.05, 3.63) is 29.8 Å². The number of amidine groups is 1. The second-order valence-electron chi connectivity index (χ2n) is 4.92. The minimum Gasteiger partial charge on any atom is -0.491 e. The third kappa shape index (κ3) is 5.24. The normalized spacial score (nSPS) is 19.4. The molecule has 0 aromatic heterocycles. The van der Waals surface area contributed by atoms with Gasteiger partial charge in [0, 0.05) is 12.2 Å². The van der Waals surface area contributed by atoms with Gasteiger partial charge >= 0.3 is 0 Å². The van der Waals surface area contributed by atoms with Gasteiger partial charge < -0.3 is 25.2 Å². The molecule has 116 valence electrons. The molecule has 1 unspecified atom stereocenters. The van der Waals surface area contributed by atoms with Crippen LogP contribution in [0.1, 0.15) is 24.8 Å². The van der Waals surface area contributed by atoms with Gasteiger partial charge in [-0.15, -0.1) is 0 Å². The summed E-state index contributed by atoms with van der Waals surface area (Å²) in [6.45, 7) is 2.49. The van der Waals surface area contributed by atoms with Crippen LogP contribution in [-0.2, 0) is 9.47 Å². The molecule has 1 aromatic carbocycles. The summed E-state index contributed by atoms with van der Waals surface area (Å²) >= 11 is 0. The Morgan fingerprint density at radius 2 is 2.10 bits per heavy atom. The molecule has 0 bridgehead atoms. The second-order valence-corrected chi connectivity index (χ2v) is 4.92. The maximum Gasteiger partial charge on any atom is 0.170 e. The van der Waals surface area contributed by atoms with Gasteiger partial charge in [0.25, 0.3) is 0 Å². The van der Waals surface area contributed by atoms with Gasteiger partial charge in [0.1, 0.15) is 12.4 Å². The zero-order chi connectivity index (χ0) is 14.9. The van der Waals surface area contributed by atoms with Crippen LogP contribution in [0, 0.1) is 0 Å². The van der Waals surface area contributed by atoms with Crippen LogP contribution in [0.25, 0.3) is 0 Å². The third-order valence-corrected chi connectivity index (χ3v) is 3.33. The number of ether oxygens (including phenoxy) is 3. The zero-order valence-electron chi connectivity index (χ0n) is 12.0. The van der Waals surface area contributed by atoms with Crippen molar-refractivity contribution in [1.29, 1.82) is 0 Å². The van der Waals surface area contributed by atoms with Crippen LogP contribution in [0.2, 0.25) is 0 Å². The van der Waals surface area contributed by atoms with E-state index in [1.807, 2.05) is 0 Å². The highest BCUT2D eigenvalue weighted by atomic mass is 16.5. The standard InChI is InChI=1S/C15H22N2O4/c16-15(17-18)12-4-6-13(7-5-12)21-10-9-19-11-14-3-1-2-8-20-14/h4-7,14,18H,1-3,8-11H2,(H2,16,17). The number of nitrogens with two attached hydrogens (primary N) is 1. The minimum atomic E-state index is 0.0809. The van der Waals surface area contributed by atoms with Crippen LogP contribution in [0.3, 0.4) is 0 Å². The van der Waals surface area contributed by atoms with E-state index in [0.717, 1.165) is 25.2 Å². The first-order chi connectivity index (χ1) is 10.3. The fourth-order valence-corrected chi connectivity index (χ4v) is 2.15. The lowest BCUT2D eigenvalue weighted by Gasteiger charge is -2.22. The molecule has 0 aliphatic carbocycles. The van der Waals surface area contributed by atoms with Crippen molar-refractivity contribution in [1.82, 2.24) is 0 Å². The molecule has 6 heteroatoms. The molecule has 1 heterocycles. The van der Waals surface area contributed by atoms with Gasteiger partial charge in [-0.05, 0) is 43.5 Å². The van der Waals surface area contributed by atoms with Crippen molar-refractivity contribution >= 4 is 5.84 Å². The van der Waals surface area contributed by atoms with Crippen LogP contribution < -0.4 is 10.5 Å². The van der Waals surface area contributed by atoms with Crippen molar-refractivity contribution in [2.24, 2.45) is 10.9 Å². The number of rotatable bonds is 7. The summed E-state index contributed by atoms with van der Waals surface area (Å²) in [5.74, 6) is 0.805. The molecule has 3 N–H and O–H groups in total. The highest BCUT2D eigenvalue weighted by Crippen LogP contribution is 2.13. The summed E-state index contributed by atoms with van der Waals surface area (Å²) in [4.78, 5) is 0. The third-order valence-electron chi connectivity index (χ3n) is 3.33. The molecule has 1 aliphatic heterocycles. The molecule has 1 saturated heterocycles. The van der Waals surface area contributed by atoms with E-state index < -0.39 is 0 Å². The Bertz CT molecular complexity index is 441. The summed E-state index contributed by atoms with van der Waals surface area (Å²) in [7, 11) is 0. The lowest BCUT2D eigenvalue weighted by Crippen LogP contribution is -2.25. The number of hydrogen-bond acceptors (Lipinski definition) is 5. The van der Waals surface area contributed by atoms with Crippen molar-refractivity contribution in [2.75, 3.05) is 26.4 Å². The van der Waals surface area contributed by atoms with Gasteiger partial charge in [-0.3, -0.25) is 0 Å². The SMILES string of the molecule is NC(=NO)c1ccc(OCCOCC2CCCCO2)cc1. The average molecular weight is 294 g/mol. The van der Waals surface area contributed by atoms with Gasteiger partial charge in [0.15, 0.2) is 5.84 Å². The Labute approximate surface area is 124 Å². The highest BCUT2D eigenvalue weighted by molar-refractivity contribution is 5.97. The Morgan fingerprint density at radius 3 is 2.76 bits per heavy atom. The Kier molecular flexibility index (Phi) is 6.30.